The number of aromatic nitrogens is 6. The van der Waals surface area contributed by atoms with E-state index in [1.807, 2.05) is 18.7 Å². The molecule has 1 saturated heterocycles. The molecule has 9 nitrogen and oxygen atoms in total. The van der Waals surface area contributed by atoms with Crippen molar-refractivity contribution >= 4 is 46.0 Å². The first-order chi connectivity index (χ1) is 20.0. The molecular weight excluding hydrogens is 542 g/mol. The number of alkyl halides is 2. The Hall–Kier alpha value is -3.48. The Morgan fingerprint density at radius 1 is 1.29 bits per heavy atom. The van der Waals surface area contributed by atoms with E-state index in [0.717, 1.165) is 0 Å². The van der Waals surface area contributed by atoms with Crippen molar-refractivity contribution in [3.8, 4) is 11.1 Å². The van der Waals surface area contributed by atoms with E-state index in [-0.39, 0.29) is 37.4 Å². The van der Waals surface area contributed by atoms with Crippen LogP contribution in [-0.4, -0.2) is 102 Å². The number of anilines is 1. The van der Waals surface area contributed by atoms with E-state index in [4.69, 9.17) is 25.8 Å². The molecule has 15 heteroatoms. The Balaban J connectivity index is 0.00000129. The summed E-state index contributed by atoms with van der Waals surface area (Å²) in [5.74, 6) is -0.332. The second-order valence-electron chi connectivity index (χ2n) is 10.9. The average molecular weight is 574 g/mol. The molecule has 42 heavy (non-hydrogen) atoms. The topological polar surface area (TPSA) is 96.4 Å². The first-order valence-electron chi connectivity index (χ1n) is 13.6. The molecule has 216 valence electrons. The van der Waals surface area contributed by atoms with Crippen LogP contribution in [-0.2, 0) is 13.0 Å². The van der Waals surface area contributed by atoms with Gasteiger partial charge in [0.15, 0.2) is 5.82 Å². The maximum Gasteiger partial charge on any atom is 0.241 e. The molecular formula is C27H32B3F3N8O. The fourth-order valence-electron chi connectivity index (χ4n) is 5.03. The third-order valence-corrected chi connectivity index (χ3v) is 6.92. The van der Waals surface area contributed by atoms with Gasteiger partial charge in [0, 0.05) is 18.6 Å². The molecule has 0 bridgehead atoms. The van der Waals surface area contributed by atoms with Gasteiger partial charge < -0.3 is 15.3 Å². The number of aliphatic hydroxyl groups excluding tert-OH is 1. The second-order valence-corrected chi connectivity index (χ2v) is 10.9. The number of nitrogens with zero attached hydrogens (tertiary/aromatic N) is 7. The Bertz CT molecular complexity index is 1540. The number of piperidine rings is 1. The number of aryl methyl sites for hydroxylation is 1. The van der Waals surface area contributed by atoms with Crippen molar-refractivity contribution in [2.75, 3.05) is 31.6 Å². The molecule has 2 unspecified atom stereocenters. The summed E-state index contributed by atoms with van der Waals surface area (Å²) >= 11 is 0. The van der Waals surface area contributed by atoms with Crippen molar-refractivity contribution in [3.05, 3.63) is 48.2 Å². The van der Waals surface area contributed by atoms with Crippen LogP contribution in [0.25, 0.3) is 27.7 Å². The zero-order valence-electron chi connectivity index (χ0n) is 23.8. The second kappa shape index (κ2) is 13.2. The van der Waals surface area contributed by atoms with Gasteiger partial charge in [0.2, 0.25) is 5.95 Å². The molecule has 0 saturated carbocycles. The van der Waals surface area contributed by atoms with Gasteiger partial charge in [-0.15, -0.1) is 10.2 Å². The highest BCUT2D eigenvalue weighted by Gasteiger charge is 2.31. The molecule has 1 aromatic carbocycles. The summed E-state index contributed by atoms with van der Waals surface area (Å²) in [6, 6.07) is 4.64. The Morgan fingerprint density at radius 2 is 2.02 bits per heavy atom. The summed E-state index contributed by atoms with van der Waals surface area (Å²) in [5.41, 5.74) is 3.64. The van der Waals surface area contributed by atoms with Crippen LogP contribution in [0.5, 0.6) is 0 Å². The minimum Gasteiger partial charge on any atom is -0.406 e. The summed E-state index contributed by atoms with van der Waals surface area (Å²) in [5, 5.41) is 22.3. The molecule has 4 heterocycles. The average Bonchev–Trinajstić information content (AvgIpc) is 3.48. The highest BCUT2D eigenvalue weighted by Crippen LogP contribution is 2.36. The van der Waals surface area contributed by atoms with Gasteiger partial charge >= 0.3 is 0 Å². The first-order valence-corrected chi connectivity index (χ1v) is 13.6. The predicted molar refractivity (Wildman–Crippen MR) is 160 cm³/mol. The van der Waals surface area contributed by atoms with Crippen LogP contribution in [0.2, 0.25) is 11.6 Å². The van der Waals surface area contributed by atoms with E-state index in [1.54, 1.807) is 18.2 Å². The molecule has 5 rings (SSSR count). The van der Waals surface area contributed by atoms with Gasteiger partial charge in [0.25, 0.3) is 0 Å². The van der Waals surface area contributed by atoms with Gasteiger partial charge in [0.1, 0.15) is 26.2 Å². The van der Waals surface area contributed by atoms with E-state index in [1.165, 1.54) is 15.4 Å². The van der Waals surface area contributed by atoms with Crippen LogP contribution < -0.4 is 5.32 Å². The molecule has 1 fully saturated rings. The highest BCUT2D eigenvalue weighted by atomic mass is 19.1. The minimum atomic E-state index is -1.21. The fraction of sp³-hybridized carbons (Fsp3) is 0.481. The molecule has 2 N–H and O–H groups in total. The zero-order chi connectivity index (χ0) is 30.6. The molecule has 1 aliphatic rings. The van der Waals surface area contributed by atoms with Crippen molar-refractivity contribution in [2.45, 2.75) is 57.1 Å². The fourth-order valence-corrected chi connectivity index (χ4v) is 5.03. The predicted octanol–water partition coefficient (Wildman–Crippen LogP) is 3.19. The number of allylic oxidation sites excluding steroid dienone is 1. The number of aliphatic hydroxyl groups is 1. The van der Waals surface area contributed by atoms with Crippen LogP contribution in [0.3, 0.4) is 0 Å². The monoisotopic (exact) mass is 574 g/mol. The first kappa shape index (κ1) is 31.5. The van der Waals surface area contributed by atoms with Gasteiger partial charge in [0.05, 0.1) is 57.7 Å². The number of halogens is 3. The summed E-state index contributed by atoms with van der Waals surface area (Å²) in [4.78, 5) is 6.54. The van der Waals surface area contributed by atoms with Crippen molar-refractivity contribution in [3.63, 3.8) is 0 Å². The van der Waals surface area contributed by atoms with Crippen molar-refractivity contribution in [1.29, 1.82) is 0 Å². The minimum absolute atomic E-state index is 0.0402. The van der Waals surface area contributed by atoms with E-state index >= 15 is 8.78 Å². The van der Waals surface area contributed by atoms with E-state index in [9.17, 15) is 4.39 Å². The number of nitrogens with one attached hydrogen (secondary N) is 1. The number of fused-ring (bicyclic) bond motifs is 2. The van der Waals surface area contributed by atoms with Gasteiger partial charge in [-0.1, -0.05) is 43.3 Å². The van der Waals surface area contributed by atoms with Crippen LogP contribution in [0, 0.1) is 5.82 Å². The van der Waals surface area contributed by atoms with Gasteiger partial charge in [-0.25, -0.2) is 27.4 Å². The molecule has 6 radical (unpaired) electrons. The molecule has 0 amide bonds. The molecule has 3 aromatic heterocycles. The Kier molecular flexibility index (Phi) is 9.91. The third kappa shape index (κ3) is 6.94. The Morgan fingerprint density at radius 3 is 2.67 bits per heavy atom. The lowest BCUT2D eigenvalue weighted by molar-refractivity contribution is 0.154. The summed E-state index contributed by atoms with van der Waals surface area (Å²) in [7, 11) is 16.4. The highest BCUT2D eigenvalue weighted by molar-refractivity contribution is 6.14. The maximum atomic E-state index is 15.6. The third-order valence-electron chi connectivity index (χ3n) is 6.92. The van der Waals surface area contributed by atoms with E-state index in [0.29, 0.717) is 52.9 Å². The van der Waals surface area contributed by atoms with E-state index < -0.39 is 30.0 Å². The molecule has 2 atom stereocenters. The molecule has 4 aromatic rings. The quantitative estimate of drug-likeness (QED) is 0.297. The summed E-state index contributed by atoms with van der Waals surface area (Å²) in [6.45, 7) is 7.54. The van der Waals surface area contributed by atoms with Crippen LogP contribution in [0.1, 0.15) is 26.0 Å². The number of likely N-dealkylation sites (tertiary alicyclic amines) is 1. The smallest absolute Gasteiger partial charge is 0.241 e. The molecule has 1 aliphatic heterocycles. The lowest BCUT2D eigenvalue weighted by atomic mass is 9.69. The van der Waals surface area contributed by atoms with Gasteiger partial charge in [-0.3, -0.25) is 0 Å². The van der Waals surface area contributed by atoms with Crippen molar-refractivity contribution < 1.29 is 18.3 Å². The van der Waals surface area contributed by atoms with Crippen LogP contribution >= 0.6 is 0 Å². The van der Waals surface area contributed by atoms with Gasteiger partial charge in [-0.2, -0.15) is 0 Å². The number of hydrogen-bond acceptors (Lipinski definition) is 7. The standard InChI is InChI=1S/C26H29B2F3N8.CH3BO/c1-15(12-27)37-8-6-19(17(30)13-37)32-25-33-21(11-26(2,3)28)24-23(18(31)14-39(24)35-25)16-4-5-20-22(10-16)38(9-7-29)36-34-20;2-1-3/h4-5,10,14,17,19H,1,6-9,11-13H2,2-3H3,(H,32,35);3H,1H2. The van der Waals surface area contributed by atoms with Crippen LogP contribution in [0.4, 0.5) is 19.1 Å². The number of hydrogen-bond donors (Lipinski definition) is 2. The summed E-state index contributed by atoms with van der Waals surface area (Å²) in [6.07, 6.45) is 1.13. The van der Waals surface area contributed by atoms with Gasteiger partial charge in [-0.05, 0) is 36.2 Å². The number of rotatable bonds is 9. The largest absolute Gasteiger partial charge is 0.406 e. The SMILES string of the molecule is [B]CC(=C)N1CCC(Nc2nc(CC([B])(C)C)c3c(-c4ccc5nnn(CCF)c5c4)c(F)cn3n2)C(F)C1.[B]CO. The summed E-state index contributed by atoms with van der Waals surface area (Å²) < 4.78 is 46.5. The lowest BCUT2D eigenvalue weighted by Gasteiger charge is -2.37. The van der Waals surface area contributed by atoms with E-state index in [2.05, 4.69) is 35.2 Å². The normalized spacial score (nSPS) is 17.3. The maximum absolute atomic E-state index is 15.6. The van der Waals surface area contributed by atoms with Crippen molar-refractivity contribution in [1.82, 2.24) is 34.5 Å². The molecule has 0 aliphatic carbocycles. The number of benzene rings is 1. The van der Waals surface area contributed by atoms with Crippen LogP contribution in [0.15, 0.2) is 36.7 Å². The Labute approximate surface area is 246 Å². The lowest BCUT2D eigenvalue weighted by Crippen LogP contribution is -2.47. The molecule has 0 spiro atoms. The van der Waals surface area contributed by atoms with Crippen molar-refractivity contribution in [2.24, 2.45) is 0 Å². The zero-order valence-corrected chi connectivity index (χ0v) is 23.8.